The number of nitrogens with one attached hydrogen (secondary N) is 1. The first kappa shape index (κ1) is 14.7. The molecule has 0 saturated heterocycles. The van der Waals surface area contributed by atoms with Gasteiger partial charge in [0.2, 0.25) is 5.13 Å². The Morgan fingerprint density at radius 2 is 2.00 bits per heavy atom. The fourth-order valence-electron chi connectivity index (χ4n) is 1.76. The third-order valence-corrected chi connectivity index (χ3v) is 4.40. The molecule has 114 valence electrons. The Balaban J connectivity index is 1.78. The predicted molar refractivity (Wildman–Crippen MR) is 81.1 cm³/mol. The van der Waals surface area contributed by atoms with Crippen LogP contribution in [0.15, 0.2) is 0 Å². The van der Waals surface area contributed by atoms with Crippen LogP contribution in [0.1, 0.15) is 32.6 Å². The van der Waals surface area contributed by atoms with Crippen LogP contribution < -0.4 is 5.32 Å². The number of anilines is 1. The van der Waals surface area contributed by atoms with E-state index in [9.17, 15) is 4.79 Å². The fourth-order valence-corrected chi connectivity index (χ4v) is 2.90. The van der Waals surface area contributed by atoms with Gasteiger partial charge in [-0.15, -0.1) is 15.3 Å². The second-order valence-corrected chi connectivity index (χ2v) is 6.27. The maximum Gasteiger partial charge on any atom is 0.279 e. The lowest BCUT2D eigenvalue weighted by Crippen LogP contribution is -2.14. The Morgan fingerprint density at radius 1 is 1.18 bits per heavy atom. The van der Waals surface area contributed by atoms with E-state index >= 15 is 0 Å². The number of hydrogen-bond acceptors (Lipinski definition) is 9. The smallest absolute Gasteiger partial charge is 0.279 e. The van der Waals surface area contributed by atoms with Crippen molar-refractivity contribution in [3.63, 3.8) is 0 Å². The van der Waals surface area contributed by atoms with Crippen molar-refractivity contribution in [1.29, 1.82) is 0 Å². The number of carbonyl (C=O) groups is 1. The second kappa shape index (κ2) is 5.85. The van der Waals surface area contributed by atoms with E-state index in [1.165, 1.54) is 11.3 Å². The van der Waals surface area contributed by atoms with Gasteiger partial charge < -0.3 is 0 Å². The van der Waals surface area contributed by atoms with Crippen LogP contribution in [0.2, 0.25) is 0 Å². The van der Waals surface area contributed by atoms with Gasteiger partial charge in [0.1, 0.15) is 5.01 Å². The standard InChI is InChI=1S/C11H12N8OS2/c1-5-8(17-22-16-5)4-19-6(2)9(14-18-19)10(20)12-11-15-13-7(3)21-11/h4H2,1-3H3,(H,12,15,20). The molecule has 0 saturated carbocycles. The van der Waals surface area contributed by atoms with Gasteiger partial charge in [-0.1, -0.05) is 16.6 Å². The number of aryl methyl sites for hydroxylation is 2. The van der Waals surface area contributed by atoms with Crippen LogP contribution in [0.25, 0.3) is 0 Å². The van der Waals surface area contributed by atoms with Crippen molar-refractivity contribution in [1.82, 2.24) is 33.9 Å². The van der Waals surface area contributed by atoms with Gasteiger partial charge in [0.05, 0.1) is 35.4 Å². The Hall–Kier alpha value is -2.27. The molecule has 0 aromatic carbocycles. The minimum absolute atomic E-state index is 0.258. The number of aromatic nitrogens is 7. The van der Waals surface area contributed by atoms with Gasteiger partial charge in [-0.3, -0.25) is 10.1 Å². The molecule has 0 radical (unpaired) electrons. The summed E-state index contributed by atoms with van der Waals surface area (Å²) in [5, 5.41) is 19.5. The van der Waals surface area contributed by atoms with Crippen molar-refractivity contribution in [2.24, 2.45) is 0 Å². The third kappa shape index (κ3) is 2.85. The van der Waals surface area contributed by atoms with Gasteiger partial charge in [-0.25, -0.2) is 4.68 Å². The first-order valence-electron chi connectivity index (χ1n) is 6.34. The van der Waals surface area contributed by atoms with Gasteiger partial charge in [0.15, 0.2) is 5.69 Å². The lowest BCUT2D eigenvalue weighted by molar-refractivity contribution is 0.102. The molecular formula is C11H12N8OS2. The second-order valence-electron chi connectivity index (χ2n) is 4.56. The molecule has 0 spiro atoms. The number of hydrogen-bond donors (Lipinski definition) is 1. The highest BCUT2D eigenvalue weighted by atomic mass is 32.1. The molecule has 0 fully saturated rings. The van der Waals surface area contributed by atoms with Crippen molar-refractivity contribution in [2.75, 3.05) is 5.32 Å². The maximum absolute atomic E-state index is 12.2. The molecule has 1 N–H and O–H groups in total. The van der Waals surface area contributed by atoms with Gasteiger partial charge in [0, 0.05) is 0 Å². The van der Waals surface area contributed by atoms with E-state index in [0.717, 1.165) is 28.1 Å². The molecule has 0 bridgehead atoms. The zero-order chi connectivity index (χ0) is 15.7. The van der Waals surface area contributed by atoms with Crippen LogP contribution >= 0.6 is 23.1 Å². The maximum atomic E-state index is 12.2. The van der Waals surface area contributed by atoms with Crippen LogP contribution in [0.4, 0.5) is 5.13 Å². The van der Waals surface area contributed by atoms with E-state index in [0.29, 0.717) is 17.4 Å². The van der Waals surface area contributed by atoms with Crippen LogP contribution in [0.5, 0.6) is 0 Å². The summed E-state index contributed by atoms with van der Waals surface area (Å²) in [4.78, 5) is 12.2. The lowest BCUT2D eigenvalue weighted by atomic mass is 10.3. The van der Waals surface area contributed by atoms with E-state index in [1.54, 1.807) is 11.6 Å². The average Bonchev–Trinajstić information content (AvgIpc) is 3.15. The molecule has 0 aliphatic rings. The van der Waals surface area contributed by atoms with Crippen molar-refractivity contribution in [2.45, 2.75) is 27.3 Å². The Morgan fingerprint density at radius 3 is 2.64 bits per heavy atom. The molecule has 3 aromatic rings. The molecule has 0 aliphatic heterocycles. The largest absolute Gasteiger partial charge is 0.295 e. The molecule has 0 atom stereocenters. The van der Waals surface area contributed by atoms with Gasteiger partial charge in [0.25, 0.3) is 5.91 Å². The molecule has 3 heterocycles. The third-order valence-electron chi connectivity index (χ3n) is 2.99. The van der Waals surface area contributed by atoms with Crippen LogP contribution in [0.3, 0.4) is 0 Å². The van der Waals surface area contributed by atoms with Crippen LogP contribution in [0, 0.1) is 20.8 Å². The van der Waals surface area contributed by atoms with E-state index < -0.39 is 0 Å². The van der Waals surface area contributed by atoms with Crippen LogP contribution in [-0.4, -0.2) is 39.8 Å². The van der Waals surface area contributed by atoms with Crippen molar-refractivity contribution in [3.05, 3.63) is 27.8 Å². The summed E-state index contributed by atoms with van der Waals surface area (Å²) in [7, 11) is 0. The molecular weight excluding hydrogens is 324 g/mol. The normalized spacial score (nSPS) is 10.9. The Bertz CT molecular complexity index is 820. The van der Waals surface area contributed by atoms with Crippen molar-refractivity contribution in [3.8, 4) is 0 Å². The summed E-state index contributed by atoms with van der Waals surface area (Å²) in [6.45, 7) is 5.93. The molecule has 22 heavy (non-hydrogen) atoms. The van der Waals surface area contributed by atoms with Crippen LogP contribution in [-0.2, 0) is 6.54 Å². The predicted octanol–water partition coefficient (Wildman–Crippen LogP) is 1.21. The van der Waals surface area contributed by atoms with Gasteiger partial charge >= 0.3 is 0 Å². The molecule has 11 heteroatoms. The average molecular weight is 336 g/mol. The van der Waals surface area contributed by atoms with E-state index in [-0.39, 0.29) is 11.6 Å². The molecule has 1 amide bonds. The molecule has 3 aromatic heterocycles. The SMILES string of the molecule is Cc1nnc(NC(=O)c2nnn(Cc3nsnc3C)c2C)s1. The number of carbonyl (C=O) groups excluding carboxylic acids is 1. The molecule has 9 nitrogen and oxygen atoms in total. The van der Waals surface area contributed by atoms with Crippen molar-refractivity contribution < 1.29 is 4.79 Å². The molecule has 3 rings (SSSR count). The quantitative estimate of drug-likeness (QED) is 0.762. The minimum Gasteiger partial charge on any atom is -0.295 e. The van der Waals surface area contributed by atoms with Crippen molar-refractivity contribution >= 4 is 34.1 Å². The summed E-state index contributed by atoms with van der Waals surface area (Å²) in [6, 6.07) is 0. The topological polar surface area (TPSA) is 111 Å². The summed E-state index contributed by atoms with van der Waals surface area (Å²) >= 11 is 2.46. The van der Waals surface area contributed by atoms with Gasteiger partial charge in [-0.2, -0.15) is 8.75 Å². The highest BCUT2D eigenvalue weighted by molar-refractivity contribution is 7.15. The number of nitrogens with zero attached hydrogens (tertiary/aromatic N) is 7. The van der Waals surface area contributed by atoms with E-state index in [1.807, 2.05) is 13.8 Å². The first-order chi connectivity index (χ1) is 10.5. The number of rotatable bonds is 4. The lowest BCUT2D eigenvalue weighted by Gasteiger charge is -2.02. The fraction of sp³-hybridized carbons (Fsp3) is 0.364. The Labute approximate surface area is 133 Å². The summed E-state index contributed by atoms with van der Waals surface area (Å²) in [6.07, 6.45) is 0. The summed E-state index contributed by atoms with van der Waals surface area (Å²) in [5.74, 6) is -0.354. The minimum atomic E-state index is -0.354. The van der Waals surface area contributed by atoms with E-state index in [2.05, 4.69) is 34.6 Å². The summed E-state index contributed by atoms with van der Waals surface area (Å²) < 4.78 is 9.95. The molecule has 0 unspecified atom stereocenters. The zero-order valence-corrected chi connectivity index (χ0v) is 13.7. The Kier molecular flexibility index (Phi) is 3.90. The molecule has 0 aliphatic carbocycles. The number of amides is 1. The highest BCUT2D eigenvalue weighted by Gasteiger charge is 2.19. The zero-order valence-electron chi connectivity index (χ0n) is 12.1. The van der Waals surface area contributed by atoms with E-state index in [4.69, 9.17) is 0 Å². The summed E-state index contributed by atoms with van der Waals surface area (Å²) in [5.41, 5.74) is 2.60. The van der Waals surface area contributed by atoms with Gasteiger partial charge in [-0.05, 0) is 20.8 Å². The first-order valence-corrected chi connectivity index (χ1v) is 7.89. The monoisotopic (exact) mass is 336 g/mol. The highest BCUT2D eigenvalue weighted by Crippen LogP contribution is 2.16.